The van der Waals surface area contributed by atoms with Gasteiger partial charge in [0.1, 0.15) is 16.5 Å². The van der Waals surface area contributed by atoms with Crippen LogP contribution in [0.5, 0.6) is 0 Å². The zero-order chi connectivity index (χ0) is 14.0. The van der Waals surface area contributed by atoms with E-state index in [0.717, 1.165) is 12.1 Å². The fourth-order valence-electron chi connectivity index (χ4n) is 1.11. The largest absolute Gasteiger partial charge is 0.396 e. The molecule has 4 nitrogen and oxygen atoms in total. The van der Waals surface area contributed by atoms with Crippen LogP contribution >= 0.6 is 0 Å². The molecule has 0 fully saturated rings. The number of sulfonamides is 1. The molecule has 0 aromatic heterocycles. The Balaban J connectivity index is 2.97. The summed E-state index contributed by atoms with van der Waals surface area (Å²) in [6.45, 7) is 2.96. The lowest BCUT2D eigenvalue weighted by Gasteiger charge is -2.21. The Kier molecular flexibility index (Phi) is 4.41. The van der Waals surface area contributed by atoms with Crippen molar-refractivity contribution in [1.29, 1.82) is 0 Å². The topological polar surface area (TPSA) is 66.4 Å². The third-order valence-electron chi connectivity index (χ3n) is 2.35. The van der Waals surface area contributed by atoms with E-state index in [1.807, 2.05) is 0 Å². The summed E-state index contributed by atoms with van der Waals surface area (Å²) in [6.07, 6.45) is 0. The van der Waals surface area contributed by atoms with Gasteiger partial charge in [0.05, 0.1) is 0 Å². The highest BCUT2D eigenvalue weighted by molar-refractivity contribution is 7.89. The Labute approximate surface area is 105 Å². The van der Waals surface area contributed by atoms with Gasteiger partial charge in [-0.05, 0) is 18.2 Å². The SMILES string of the molecule is CC(C)(CO)CNS(=O)(=O)c1cc(F)ccc1F. The molecule has 1 aromatic carbocycles. The van der Waals surface area contributed by atoms with Gasteiger partial charge in [0, 0.05) is 18.6 Å². The second-order valence-electron chi connectivity index (χ2n) is 4.72. The quantitative estimate of drug-likeness (QED) is 0.852. The molecule has 2 N–H and O–H groups in total. The van der Waals surface area contributed by atoms with E-state index in [1.54, 1.807) is 13.8 Å². The number of rotatable bonds is 5. The van der Waals surface area contributed by atoms with Crippen LogP contribution in [0.1, 0.15) is 13.8 Å². The van der Waals surface area contributed by atoms with Crippen LogP contribution in [-0.2, 0) is 10.0 Å². The molecule has 0 aliphatic heterocycles. The third kappa shape index (κ3) is 3.72. The van der Waals surface area contributed by atoms with Gasteiger partial charge in [0.15, 0.2) is 0 Å². The summed E-state index contributed by atoms with van der Waals surface area (Å²) >= 11 is 0. The van der Waals surface area contributed by atoms with E-state index in [0.29, 0.717) is 6.07 Å². The number of halogens is 2. The molecule has 0 unspecified atom stereocenters. The van der Waals surface area contributed by atoms with Crippen molar-refractivity contribution < 1.29 is 22.3 Å². The number of hydrogen-bond donors (Lipinski definition) is 2. The molecule has 0 heterocycles. The lowest BCUT2D eigenvalue weighted by molar-refractivity contribution is 0.163. The van der Waals surface area contributed by atoms with Crippen molar-refractivity contribution in [2.45, 2.75) is 18.7 Å². The minimum absolute atomic E-state index is 0.0816. The third-order valence-corrected chi connectivity index (χ3v) is 3.77. The summed E-state index contributed by atoms with van der Waals surface area (Å²) in [4.78, 5) is -0.740. The molecular weight excluding hydrogens is 264 g/mol. The standard InChI is InChI=1S/C11H15F2NO3S/c1-11(2,7-15)6-14-18(16,17)10-5-8(12)3-4-9(10)13/h3-5,14-15H,6-7H2,1-2H3. The van der Waals surface area contributed by atoms with Gasteiger partial charge in [-0.1, -0.05) is 13.8 Å². The summed E-state index contributed by atoms with van der Waals surface area (Å²) in [7, 11) is -4.13. The molecule has 18 heavy (non-hydrogen) atoms. The summed E-state index contributed by atoms with van der Waals surface area (Å²) in [5.41, 5.74) is -0.684. The molecule has 1 rings (SSSR count). The van der Waals surface area contributed by atoms with Crippen molar-refractivity contribution in [1.82, 2.24) is 4.72 Å². The van der Waals surface area contributed by atoms with E-state index < -0.39 is 32.0 Å². The number of nitrogens with one attached hydrogen (secondary N) is 1. The van der Waals surface area contributed by atoms with E-state index >= 15 is 0 Å². The molecule has 0 amide bonds. The Morgan fingerprint density at radius 2 is 1.94 bits per heavy atom. The molecular formula is C11H15F2NO3S. The second kappa shape index (κ2) is 5.29. The Morgan fingerprint density at radius 1 is 1.33 bits per heavy atom. The van der Waals surface area contributed by atoms with Crippen LogP contribution in [0.4, 0.5) is 8.78 Å². The lowest BCUT2D eigenvalue weighted by Crippen LogP contribution is -2.36. The summed E-state index contributed by atoms with van der Waals surface area (Å²) in [5, 5.41) is 8.99. The van der Waals surface area contributed by atoms with E-state index in [4.69, 9.17) is 5.11 Å². The van der Waals surface area contributed by atoms with Gasteiger partial charge in [0.2, 0.25) is 10.0 Å². The number of hydrogen-bond acceptors (Lipinski definition) is 3. The molecule has 1 aromatic rings. The highest BCUT2D eigenvalue weighted by Crippen LogP contribution is 2.18. The fraction of sp³-hybridized carbons (Fsp3) is 0.455. The van der Waals surface area contributed by atoms with Crippen molar-refractivity contribution in [3.05, 3.63) is 29.8 Å². The van der Waals surface area contributed by atoms with Gasteiger partial charge >= 0.3 is 0 Å². The molecule has 0 atom stereocenters. The van der Waals surface area contributed by atoms with Crippen LogP contribution in [0.2, 0.25) is 0 Å². The Morgan fingerprint density at radius 3 is 2.50 bits per heavy atom. The second-order valence-corrected chi connectivity index (χ2v) is 6.46. The maximum absolute atomic E-state index is 13.3. The predicted octanol–water partition coefficient (Wildman–Crippen LogP) is 1.26. The highest BCUT2D eigenvalue weighted by atomic mass is 32.2. The average Bonchev–Trinajstić information content (AvgIpc) is 2.30. The van der Waals surface area contributed by atoms with Crippen LogP contribution in [0.15, 0.2) is 23.1 Å². The first kappa shape index (κ1) is 15.0. The Bertz CT molecular complexity index is 529. The van der Waals surface area contributed by atoms with Crippen molar-refractivity contribution >= 4 is 10.0 Å². The van der Waals surface area contributed by atoms with Crippen LogP contribution in [0.25, 0.3) is 0 Å². The molecule has 0 aliphatic carbocycles. The van der Waals surface area contributed by atoms with Crippen molar-refractivity contribution in [2.24, 2.45) is 5.41 Å². The van der Waals surface area contributed by atoms with Gasteiger partial charge in [-0.2, -0.15) is 0 Å². The van der Waals surface area contributed by atoms with E-state index in [2.05, 4.69) is 4.72 Å². The average molecular weight is 279 g/mol. The van der Waals surface area contributed by atoms with Crippen molar-refractivity contribution in [3.63, 3.8) is 0 Å². The molecule has 0 radical (unpaired) electrons. The lowest BCUT2D eigenvalue weighted by atomic mass is 9.96. The summed E-state index contributed by atoms with van der Waals surface area (Å²) in [5.74, 6) is -1.86. The molecule has 0 saturated carbocycles. The van der Waals surface area contributed by atoms with E-state index in [9.17, 15) is 17.2 Å². The fourth-order valence-corrected chi connectivity index (χ4v) is 2.44. The highest BCUT2D eigenvalue weighted by Gasteiger charge is 2.24. The van der Waals surface area contributed by atoms with E-state index in [-0.39, 0.29) is 13.2 Å². The van der Waals surface area contributed by atoms with Crippen molar-refractivity contribution in [3.8, 4) is 0 Å². The summed E-state index contributed by atoms with van der Waals surface area (Å²) in [6, 6.07) is 2.21. The van der Waals surface area contributed by atoms with Gasteiger partial charge in [-0.3, -0.25) is 0 Å². The van der Waals surface area contributed by atoms with Gasteiger partial charge < -0.3 is 5.11 Å². The number of aliphatic hydroxyl groups excluding tert-OH is 1. The van der Waals surface area contributed by atoms with Crippen LogP contribution < -0.4 is 4.72 Å². The summed E-state index contributed by atoms with van der Waals surface area (Å²) < 4.78 is 51.9. The molecule has 0 aliphatic rings. The molecule has 0 bridgehead atoms. The van der Waals surface area contributed by atoms with Gasteiger partial charge in [-0.25, -0.2) is 21.9 Å². The molecule has 0 spiro atoms. The maximum Gasteiger partial charge on any atom is 0.243 e. The number of benzene rings is 1. The number of aliphatic hydroxyl groups is 1. The van der Waals surface area contributed by atoms with E-state index in [1.165, 1.54) is 0 Å². The first-order valence-electron chi connectivity index (χ1n) is 5.23. The van der Waals surface area contributed by atoms with Crippen molar-refractivity contribution in [2.75, 3.05) is 13.2 Å². The smallest absolute Gasteiger partial charge is 0.243 e. The maximum atomic E-state index is 13.3. The molecule has 102 valence electrons. The first-order chi connectivity index (χ1) is 8.18. The zero-order valence-electron chi connectivity index (χ0n) is 10.1. The van der Waals surface area contributed by atoms with Crippen LogP contribution in [0.3, 0.4) is 0 Å². The minimum Gasteiger partial charge on any atom is -0.396 e. The monoisotopic (exact) mass is 279 g/mol. The molecule has 7 heteroatoms. The normalized spacial score (nSPS) is 12.7. The molecule has 0 saturated heterocycles. The van der Waals surface area contributed by atoms with Crippen LogP contribution in [0, 0.1) is 17.0 Å². The zero-order valence-corrected chi connectivity index (χ0v) is 10.9. The van der Waals surface area contributed by atoms with Gasteiger partial charge in [-0.15, -0.1) is 0 Å². The predicted molar refractivity (Wildman–Crippen MR) is 62.4 cm³/mol. The van der Waals surface area contributed by atoms with Gasteiger partial charge in [0.25, 0.3) is 0 Å². The van der Waals surface area contributed by atoms with Crippen LogP contribution in [-0.4, -0.2) is 26.7 Å². The Hall–Kier alpha value is -1.05. The minimum atomic E-state index is -4.13. The first-order valence-corrected chi connectivity index (χ1v) is 6.72.